The maximum Gasteiger partial charge on any atom is 0.320 e. The predicted octanol–water partition coefficient (Wildman–Crippen LogP) is 0.546. The third-order valence-electron chi connectivity index (χ3n) is 3.54. The number of carboxylic acid groups (broad SMARTS) is 1. The van der Waals surface area contributed by atoms with Crippen LogP contribution in [0.2, 0.25) is 0 Å². The summed E-state index contributed by atoms with van der Waals surface area (Å²) in [7, 11) is 0. The molecular formula is C15H20N2O4. The Morgan fingerprint density at radius 1 is 1.38 bits per heavy atom. The first kappa shape index (κ1) is 15.5. The number of hydrogen-bond acceptors (Lipinski definition) is 5. The van der Waals surface area contributed by atoms with Crippen LogP contribution in [-0.2, 0) is 16.0 Å². The van der Waals surface area contributed by atoms with Crippen LogP contribution >= 0.6 is 0 Å². The summed E-state index contributed by atoms with van der Waals surface area (Å²) in [6.07, 6.45) is 2.07. The van der Waals surface area contributed by atoms with Crippen molar-refractivity contribution in [3.05, 3.63) is 29.8 Å². The van der Waals surface area contributed by atoms with Gasteiger partial charge in [-0.1, -0.05) is 12.1 Å². The summed E-state index contributed by atoms with van der Waals surface area (Å²) in [5.41, 5.74) is 6.27. The van der Waals surface area contributed by atoms with Gasteiger partial charge in [0.25, 0.3) is 0 Å². The minimum absolute atomic E-state index is 0.0983. The van der Waals surface area contributed by atoms with Crippen LogP contribution in [0.3, 0.4) is 0 Å². The van der Waals surface area contributed by atoms with Crippen LogP contribution < -0.4 is 15.8 Å². The van der Waals surface area contributed by atoms with Crippen LogP contribution in [0.25, 0.3) is 0 Å². The molecule has 0 aliphatic carbocycles. The van der Waals surface area contributed by atoms with Gasteiger partial charge in [0.2, 0.25) is 0 Å². The molecule has 1 heterocycles. The molecule has 1 aromatic rings. The zero-order valence-electron chi connectivity index (χ0n) is 11.7. The summed E-state index contributed by atoms with van der Waals surface area (Å²) in [6, 6.07) is 5.86. The molecule has 1 aromatic carbocycles. The van der Waals surface area contributed by atoms with Gasteiger partial charge in [0.15, 0.2) is 0 Å². The first-order valence-electron chi connectivity index (χ1n) is 7.06. The summed E-state index contributed by atoms with van der Waals surface area (Å²) in [5, 5.41) is 11.9. The number of benzene rings is 1. The number of carbonyl (C=O) groups excluding carboxylic acids is 1. The Bertz CT molecular complexity index is 495. The van der Waals surface area contributed by atoms with Gasteiger partial charge in [-0.15, -0.1) is 0 Å². The number of nitrogens with one attached hydrogen (secondary N) is 1. The Kier molecular flexibility index (Phi) is 5.30. The average Bonchev–Trinajstić information content (AvgIpc) is 2.50. The molecule has 1 saturated heterocycles. The highest BCUT2D eigenvalue weighted by Gasteiger charge is 2.22. The number of ether oxygens (including phenoxy) is 1. The molecule has 6 nitrogen and oxygen atoms in total. The van der Waals surface area contributed by atoms with Crippen molar-refractivity contribution in [3.8, 4) is 5.75 Å². The minimum atomic E-state index is -1.03. The molecule has 2 atom stereocenters. The molecule has 0 bridgehead atoms. The summed E-state index contributed by atoms with van der Waals surface area (Å²) < 4.78 is 5.33. The summed E-state index contributed by atoms with van der Waals surface area (Å²) in [4.78, 5) is 22.7. The second kappa shape index (κ2) is 7.19. The zero-order valence-corrected chi connectivity index (χ0v) is 11.7. The van der Waals surface area contributed by atoms with Crippen molar-refractivity contribution in [1.82, 2.24) is 5.32 Å². The molecule has 1 aliphatic rings. The summed E-state index contributed by atoms with van der Waals surface area (Å²) in [5.74, 6) is -0.885. The van der Waals surface area contributed by atoms with Gasteiger partial charge in [0, 0.05) is 6.54 Å². The van der Waals surface area contributed by atoms with E-state index < -0.39 is 12.0 Å². The van der Waals surface area contributed by atoms with E-state index in [0.29, 0.717) is 12.3 Å². The molecule has 114 valence electrons. The van der Waals surface area contributed by atoms with Crippen molar-refractivity contribution in [3.63, 3.8) is 0 Å². The highest BCUT2D eigenvalue weighted by atomic mass is 16.5. The number of esters is 1. The van der Waals surface area contributed by atoms with Crippen molar-refractivity contribution in [2.45, 2.75) is 25.3 Å². The number of rotatable bonds is 5. The summed E-state index contributed by atoms with van der Waals surface area (Å²) >= 11 is 0. The molecule has 2 rings (SSSR count). The molecule has 2 unspecified atom stereocenters. The lowest BCUT2D eigenvalue weighted by Gasteiger charge is -2.21. The first-order chi connectivity index (χ1) is 10.1. The van der Waals surface area contributed by atoms with Crippen molar-refractivity contribution in [1.29, 1.82) is 0 Å². The van der Waals surface area contributed by atoms with E-state index >= 15 is 0 Å². The predicted molar refractivity (Wildman–Crippen MR) is 77.0 cm³/mol. The monoisotopic (exact) mass is 292 g/mol. The van der Waals surface area contributed by atoms with Gasteiger partial charge in [-0.05, 0) is 43.5 Å². The molecule has 0 saturated carbocycles. The molecular weight excluding hydrogens is 272 g/mol. The fourth-order valence-electron chi connectivity index (χ4n) is 2.29. The third-order valence-corrected chi connectivity index (χ3v) is 3.54. The Hall–Kier alpha value is -1.92. The highest BCUT2D eigenvalue weighted by molar-refractivity contribution is 5.75. The maximum atomic E-state index is 12.0. The third kappa shape index (κ3) is 4.54. The summed E-state index contributed by atoms with van der Waals surface area (Å²) in [6.45, 7) is 1.60. The standard InChI is InChI=1S/C15H20N2O4/c16-13(14(18)19)8-10-3-5-12(6-4-10)21-15(20)11-2-1-7-17-9-11/h3-6,11,13,17H,1-2,7-9,16H2,(H,18,19). The molecule has 6 heteroatoms. The normalized spacial score (nSPS) is 19.8. The Labute approximate surface area is 123 Å². The Balaban J connectivity index is 1.89. The van der Waals surface area contributed by atoms with Gasteiger partial charge in [0.1, 0.15) is 11.8 Å². The highest BCUT2D eigenvalue weighted by Crippen LogP contribution is 2.17. The van der Waals surface area contributed by atoms with E-state index in [-0.39, 0.29) is 18.3 Å². The Morgan fingerprint density at radius 2 is 2.10 bits per heavy atom. The van der Waals surface area contributed by atoms with Gasteiger partial charge in [-0.2, -0.15) is 0 Å². The van der Waals surface area contributed by atoms with Gasteiger partial charge < -0.3 is 20.9 Å². The molecule has 0 amide bonds. The average molecular weight is 292 g/mol. The quantitative estimate of drug-likeness (QED) is 0.541. The fraction of sp³-hybridized carbons (Fsp3) is 0.467. The van der Waals surface area contributed by atoms with Crippen LogP contribution in [0.15, 0.2) is 24.3 Å². The van der Waals surface area contributed by atoms with E-state index in [1.165, 1.54) is 0 Å². The van der Waals surface area contributed by atoms with Crippen LogP contribution in [0.1, 0.15) is 18.4 Å². The largest absolute Gasteiger partial charge is 0.480 e. The van der Waals surface area contributed by atoms with Crippen LogP contribution in [0, 0.1) is 5.92 Å². The van der Waals surface area contributed by atoms with E-state index in [9.17, 15) is 9.59 Å². The molecule has 4 N–H and O–H groups in total. The van der Waals surface area contributed by atoms with Gasteiger partial charge >= 0.3 is 11.9 Å². The topological polar surface area (TPSA) is 102 Å². The van der Waals surface area contributed by atoms with Crippen molar-refractivity contribution >= 4 is 11.9 Å². The van der Waals surface area contributed by atoms with E-state index in [4.69, 9.17) is 15.6 Å². The lowest BCUT2D eigenvalue weighted by atomic mass is 10.00. The number of aliphatic carboxylic acids is 1. The second-order valence-electron chi connectivity index (χ2n) is 5.26. The lowest BCUT2D eigenvalue weighted by Crippen LogP contribution is -2.36. The lowest BCUT2D eigenvalue weighted by molar-refractivity contribution is -0.140. The number of nitrogens with two attached hydrogens (primary N) is 1. The zero-order chi connectivity index (χ0) is 15.2. The minimum Gasteiger partial charge on any atom is -0.480 e. The molecule has 0 radical (unpaired) electrons. The van der Waals surface area contributed by atoms with E-state index in [1.54, 1.807) is 24.3 Å². The van der Waals surface area contributed by atoms with Gasteiger partial charge in [-0.3, -0.25) is 9.59 Å². The second-order valence-corrected chi connectivity index (χ2v) is 5.26. The molecule has 0 aromatic heterocycles. The fourth-order valence-corrected chi connectivity index (χ4v) is 2.29. The van der Waals surface area contributed by atoms with E-state index in [0.717, 1.165) is 24.9 Å². The van der Waals surface area contributed by atoms with Gasteiger partial charge in [0.05, 0.1) is 5.92 Å². The van der Waals surface area contributed by atoms with Crippen molar-refractivity contribution in [2.24, 2.45) is 11.7 Å². The first-order valence-corrected chi connectivity index (χ1v) is 7.06. The Morgan fingerprint density at radius 3 is 2.67 bits per heavy atom. The van der Waals surface area contributed by atoms with Gasteiger partial charge in [-0.25, -0.2) is 0 Å². The molecule has 0 spiro atoms. The van der Waals surface area contributed by atoms with E-state index in [2.05, 4.69) is 5.32 Å². The number of piperidine rings is 1. The van der Waals surface area contributed by atoms with E-state index in [1.807, 2.05) is 0 Å². The number of hydrogen-bond donors (Lipinski definition) is 3. The molecule has 1 fully saturated rings. The molecule has 1 aliphatic heterocycles. The maximum absolute atomic E-state index is 12.0. The number of carbonyl (C=O) groups is 2. The van der Waals surface area contributed by atoms with Crippen molar-refractivity contribution < 1.29 is 19.4 Å². The number of carboxylic acids is 1. The van der Waals surface area contributed by atoms with Crippen molar-refractivity contribution in [2.75, 3.05) is 13.1 Å². The van der Waals surface area contributed by atoms with Crippen LogP contribution in [0.4, 0.5) is 0 Å². The SMILES string of the molecule is NC(Cc1ccc(OC(=O)C2CCCNC2)cc1)C(=O)O. The molecule has 21 heavy (non-hydrogen) atoms. The van der Waals surface area contributed by atoms with Crippen LogP contribution in [-0.4, -0.2) is 36.2 Å². The smallest absolute Gasteiger partial charge is 0.320 e. The van der Waals surface area contributed by atoms with Crippen LogP contribution in [0.5, 0.6) is 5.75 Å².